The minimum Gasteiger partial charge on any atom is -0.491 e. The summed E-state index contributed by atoms with van der Waals surface area (Å²) in [5.74, 6) is 2.22. The highest BCUT2D eigenvalue weighted by atomic mass is 16.5. The number of nitrogens with one attached hydrogen (secondary N) is 3. The molecule has 30 heavy (non-hydrogen) atoms. The van der Waals surface area contributed by atoms with Gasteiger partial charge in [0.1, 0.15) is 12.3 Å². The molecule has 0 atom stereocenters. The molecule has 1 fully saturated rings. The molecule has 1 aromatic carbocycles. The van der Waals surface area contributed by atoms with Crippen molar-refractivity contribution >= 4 is 17.6 Å². The molecule has 2 rings (SSSR count). The lowest BCUT2D eigenvalue weighted by Crippen LogP contribution is -2.37. The van der Waals surface area contributed by atoms with Gasteiger partial charge in [0.25, 0.3) is 0 Å². The number of carbonyl (C=O) groups is 1. The van der Waals surface area contributed by atoms with Crippen LogP contribution in [-0.4, -0.2) is 62.1 Å². The predicted octanol–water partition coefficient (Wildman–Crippen LogP) is 3.09. The number of anilines is 1. The Morgan fingerprint density at radius 2 is 1.90 bits per heavy atom. The van der Waals surface area contributed by atoms with E-state index < -0.39 is 0 Å². The van der Waals surface area contributed by atoms with Crippen LogP contribution in [0.4, 0.5) is 5.69 Å². The first-order chi connectivity index (χ1) is 14.5. The van der Waals surface area contributed by atoms with Crippen LogP contribution in [0.25, 0.3) is 0 Å². The van der Waals surface area contributed by atoms with Crippen LogP contribution in [0.2, 0.25) is 0 Å². The molecule has 7 nitrogen and oxygen atoms in total. The maximum atomic E-state index is 11.8. The molecular formula is C23H39N5O2. The van der Waals surface area contributed by atoms with Crippen LogP contribution in [0.1, 0.15) is 47.0 Å². The largest absolute Gasteiger partial charge is 0.491 e. The van der Waals surface area contributed by atoms with Crippen molar-refractivity contribution in [3.63, 3.8) is 0 Å². The van der Waals surface area contributed by atoms with Gasteiger partial charge in [-0.25, -0.2) is 4.99 Å². The van der Waals surface area contributed by atoms with Crippen LogP contribution in [0.5, 0.6) is 5.75 Å². The van der Waals surface area contributed by atoms with Gasteiger partial charge in [-0.15, -0.1) is 0 Å². The number of likely N-dealkylation sites (N-methyl/N-ethyl adjacent to an activating group) is 1. The van der Waals surface area contributed by atoms with E-state index in [1.807, 2.05) is 45.0 Å². The molecule has 1 aromatic rings. The average Bonchev–Trinajstić information content (AvgIpc) is 2.71. The zero-order valence-corrected chi connectivity index (χ0v) is 19.0. The van der Waals surface area contributed by atoms with Crippen LogP contribution in [0.3, 0.4) is 0 Å². The lowest BCUT2D eigenvalue weighted by molar-refractivity contribution is -0.119. The number of amides is 1. The van der Waals surface area contributed by atoms with Crippen LogP contribution < -0.4 is 20.7 Å². The number of hydrogen-bond donors (Lipinski definition) is 3. The number of rotatable bonds is 10. The number of nitrogens with zero attached hydrogens (tertiary/aromatic N) is 2. The van der Waals surface area contributed by atoms with Gasteiger partial charge in [0, 0.05) is 18.8 Å². The van der Waals surface area contributed by atoms with Crippen molar-refractivity contribution in [2.24, 2.45) is 10.9 Å². The molecule has 0 unspecified atom stereocenters. The Kier molecular flexibility index (Phi) is 10.5. The fraction of sp³-hybridized carbons (Fsp3) is 0.652. The second kappa shape index (κ2) is 13.1. The SMILES string of the molecule is CCNC(=O)CN=C(NCCCN1CCC(C)CC1)Nc1ccc(OC(C)C)cc1. The first-order valence-electron chi connectivity index (χ1n) is 11.3. The number of hydrogen-bond acceptors (Lipinski definition) is 4. The number of carbonyl (C=O) groups excluding carboxylic acids is 1. The maximum absolute atomic E-state index is 11.8. The summed E-state index contributed by atoms with van der Waals surface area (Å²) in [7, 11) is 0. The first kappa shape index (κ1) is 24.0. The highest BCUT2D eigenvalue weighted by Gasteiger charge is 2.14. The van der Waals surface area contributed by atoms with E-state index in [1.54, 1.807) is 0 Å². The van der Waals surface area contributed by atoms with Crippen LogP contribution >= 0.6 is 0 Å². The monoisotopic (exact) mass is 417 g/mol. The van der Waals surface area contributed by atoms with Crippen molar-refractivity contribution in [3.05, 3.63) is 24.3 Å². The van der Waals surface area contributed by atoms with E-state index >= 15 is 0 Å². The van der Waals surface area contributed by atoms with Gasteiger partial charge in [-0.3, -0.25) is 4.79 Å². The van der Waals surface area contributed by atoms with E-state index in [-0.39, 0.29) is 18.6 Å². The highest BCUT2D eigenvalue weighted by Crippen LogP contribution is 2.17. The summed E-state index contributed by atoms with van der Waals surface area (Å²) in [5, 5.41) is 9.43. The highest BCUT2D eigenvalue weighted by molar-refractivity contribution is 5.95. The molecular weight excluding hydrogens is 378 g/mol. The lowest BCUT2D eigenvalue weighted by Gasteiger charge is -2.30. The van der Waals surface area contributed by atoms with Crippen molar-refractivity contribution in [1.82, 2.24) is 15.5 Å². The summed E-state index contributed by atoms with van der Waals surface area (Å²) < 4.78 is 5.69. The Bertz CT molecular complexity index is 652. The number of aliphatic imine (C=N–C) groups is 1. The minimum absolute atomic E-state index is 0.0817. The molecule has 1 aliphatic rings. The van der Waals surface area contributed by atoms with Gasteiger partial charge >= 0.3 is 0 Å². The van der Waals surface area contributed by atoms with Crippen LogP contribution in [-0.2, 0) is 4.79 Å². The molecule has 0 bridgehead atoms. The fourth-order valence-electron chi connectivity index (χ4n) is 3.36. The van der Waals surface area contributed by atoms with Crippen LogP contribution in [0.15, 0.2) is 29.3 Å². The van der Waals surface area contributed by atoms with Crippen molar-refractivity contribution in [2.75, 3.05) is 44.6 Å². The number of guanidine groups is 1. The third-order valence-electron chi connectivity index (χ3n) is 5.06. The summed E-state index contributed by atoms with van der Waals surface area (Å²) in [6, 6.07) is 7.77. The maximum Gasteiger partial charge on any atom is 0.241 e. The van der Waals surface area contributed by atoms with E-state index in [0.29, 0.717) is 12.5 Å². The van der Waals surface area contributed by atoms with Gasteiger partial charge in [0.15, 0.2) is 5.96 Å². The Morgan fingerprint density at radius 3 is 2.53 bits per heavy atom. The van der Waals surface area contributed by atoms with Crippen molar-refractivity contribution in [1.29, 1.82) is 0 Å². The van der Waals surface area contributed by atoms with E-state index in [4.69, 9.17) is 4.74 Å². The summed E-state index contributed by atoms with van der Waals surface area (Å²) >= 11 is 0. The number of likely N-dealkylation sites (tertiary alicyclic amines) is 1. The van der Waals surface area contributed by atoms with E-state index in [0.717, 1.165) is 36.9 Å². The molecule has 168 valence electrons. The molecule has 0 aromatic heterocycles. The molecule has 1 saturated heterocycles. The zero-order chi connectivity index (χ0) is 21.8. The Hall–Kier alpha value is -2.28. The normalized spacial score (nSPS) is 15.8. The average molecular weight is 418 g/mol. The van der Waals surface area contributed by atoms with Gasteiger partial charge in [0.2, 0.25) is 5.91 Å². The lowest BCUT2D eigenvalue weighted by atomic mass is 9.99. The van der Waals surface area contributed by atoms with Crippen molar-refractivity contribution < 1.29 is 9.53 Å². The van der Waals surface area contributed by atoms with Gasteiger partial charge in [-0.1, -0.05) is 6.92 Å². The van der Waals surface area contributed by atoms with E-state index in [9.17, 15) is 4.79 Å². The third kappa shape index (κ3) is 9.48. The standard InChI is InChI=1S/C23H39N5O2/c1-5-24-22(29)17-26-23(25-13-6-14-28-15-11-19(4)12-16-28)27-20-7-9-21(10-8-20)30-18(2)3/h7-10,18-19H,5-6,11-17H2,1-4H3,(H,24,29)(H2,25,26,27). The molecule has 0 spiro atoms. The summed E-state index contributed by atoms with van der Waals surface area (Å²) in [4.78, 5) is 18.8. The molecule has 0 radical (unpaired) electrons. The summed E-state index contributed by atoms with van der Waals surface area (Å²) in [6.07, 6.45) is 3.77. The van der Waals surface area contributed by atoms with E-state index in [1.165, 1.54) is 25.9 Å². The number of piperidine rings is 1. The molecule has 7 heteroatoms. The van der Waals surface area contributed by atoms with Gasteiger partial charge in [-0.2, -0.15) is 0 Å². The zero-order valence-electron chi connectivity index (χ0n) is 19.0. The van der Waals surface area contributed by atoms with Crippen molar-refractivity contribution in [2.45, 2.75) is 53.1 Å². The second-order valence-corrected chi connectivity index (χ2v) is 8.24. The van der Waals surface area contributed by atoms with Gasteiger partial charge in [0.05, 0.1) is 6.10 Å². The summed E-state index contributed by atoms with van der Waals surface area (Å²) in [5.41, 5.74) is 0.901. The van der Waals surface area contributed by atoms with Crippen molar-refractivity contribution in [3.8, 4) is 5.75 Å². The van der Waals surface area contributed by atoms with Crippen LogP contribution in [0, 0.1) is 5.92 Å². The molecule has 1 aliphatic heterocycles. The molecule has 1 heterocycles. The number of ether oxygens (including phenoxy) is 1. The topological polar surface area (TPSA) is 78.0 Å². The quantitative estimate of drug-likeness (QED) is 0.310. The fourth-order valence-corrected chi connectivity index (χ4v) is 3.36. The smallest absolute Gasteiger partial charge is 0.241 e. The first-order valence-corrected chi connectivity index (χ1v) is 11.3. The molecule has 3 N–H and O–H groups in total. The third-order valence-corrected chi connectivity index (χ3v) is 5.06. The molecule has 0 saturated carbocycles. The Labute approximate surface area is 181 Å². The van der Waals surface area contributed by atoms with E-state index in [2.05, 4.69) is 32.8 Å². The van der Waals surface area contributed by atoms with Gasteiger partial charge in [-0.05, 0) is 89.9 Å². The molecule has 0 aliphatic carbocycles. The Balaban J connectivity index is 1.86. The number of benzene rings is 1. The molecule has 1 amide bonds. The predicted molar refractivity (Wildman–Crippen MR) is 124 cm³/mol. The second-order valence-electron chi connectivity index (χ2n) is 8.24. The Morgan fingerprint density at radius 1 is 1.20 bits per heavy atom. The minimum atomic E-state index is -0.0817. The summed E-state index contributed by atoms with van der Waals surface area (Å²) in [6.45, 7) is 13.2. The van der Waals surface area contributed by atoms with Gasteiger partial charge < -0.3 is 25.6 Å².